The van der Waals surface area contributed by atoms with Crippen LogP contribution >= 0.6 is 11.3 Å². The second-order valence-corrected chi connectivity index (χ2v) is 6.12. The standard InChI is InChI=1S/C15H17N3OS/c1-10-6-8-11(9-7-10)16-14(19)18-15-17-12-4-2-3-5-13(12)20-15/h6-9H,2-5H2,1H3,(H2,16,17,18,19). The molecule has 0 fully saturated rings. The Hall–Kier alpha value is -1.88. The fourth-order valence-electron chi connectivity index (χ4n) is 2.30. The van der Waals surface area contributed by atoms with Gasteiger partial charge in [0, 0.05) is 10.6 Å². The largest absolute Gasteiger partial charge is 0.325 e. The summed E-state index contributed by atoms with van der Waals surface area (Å²) in [6, 6.07) is 7.49. The number of thiazole rings is 1. The summed E-state index contributed by atoms with van der Waals surface area (Å²) >= 11 is 1.59. The maximum atomic E-state index is 11.9. The molecular weight excluding hydrogens is 270 g/mol. The average molecular weight is 287 g/mol. The molecule has 2 N–H and O–H groups in total. The van der Waals surface area contributed by atoms with Crippen LogP contribution in [0.5, 0.6) is 0 Å². The molecule has 20 heavy (non-hydrogen) atoms. The van der Waals surface area contributed by atoms with Crippen molar-refractivity contribution in [3.8, 4) is 0 Å². The van der Waals surface area contributed by atoms with Crippen LogP contribution < -0.4 is 10.6 Å². The Morgan fingerprint density at radius 1 is 1.15 bits per heavy atom. The summed E-state index contributed by atoms with van der Waals surface area (Å²) in [5.41, 5.74) is 3.12. The van der Waals surface area contributed by atoms with Crippen molar-refractivity contribution >= 4 is 28.2 Å². The molecule has 0 saturated carbocycles. The number of anilines is 2. The highest BCUT2D eigenvalue weighted by atomic mass is 32.1. The molecule has 0 atom stereocenters. The number of hydrogen-bond donors (Lipinski definition) is 2. The van der Waals surface area contributed by atoms with Crippen molar-refractivity contribution in [1.82, 2.24) is 4.98 Å². The highest BCUT2D eigenvalue weighted by Crippen LogP contribution is 2.29. The van der Waals surface area contributed by atoms with Crippen LogP contribution in [0, 0.1) is 6.92 Å². The number of amides is 2. The minimum absolute atomic E-state index is 0.236. The summed E-state index contributed by atoms with van der Waals surface area (Å²) in [5, 5.41) is 6.33. The molecule has 2 aromatic rings. The molecule has 1 aliphatic carbocycles. The number of benzene rings is 1. The number of fused-ring (bicyclic) bond motifs is 1. The van der Waals surface area contributed by atoms with Crippen LogP contribution in [0.1, 0.15) is 29.0 Å². The predicted molar refractivity (Wildman–Crippen MR) is 82.6 cm³/mol. The van der Waals surface area contributed by atoms with E-state index in [0.717, 1.165) is 24.2 Å². The van der Waals surface area contributed by atoms with Crippen molar-refractivity contribution in [2.75, 3.05) is 10.6 Å². The summed E-state index contributed by atoms with van der Waals surface area (Å²) in [7, 11) is 0. The molecule has 1 aliphatic rings. The van der Waals surface area contributed by atoms with E-state index in [1.807, 2.05) is 31.2 Å². The Kier molecular flexibility index (Phi) is 3.69. The van der Waals surface area contributed by atoms with Gasteiger partial charge in [-0.05, 0) is 44.7 Å². The van der Waals surface area contributed by atoms with Gasteiger partial charge < -0.3 is 5.32 Å². The van der Waals surface area contributed by atoms with Crippen LogP contribution in [0.3, 0.4) is 0 Å². The molecule has 0 unspecified atom stereocenters. The van der Waals surface area contributed by atoms with Crippen molar-refractivity contribution < 1.29 is 4.79 Å². The van der Waals surface area contributed by atoms with E-state index in [-0.39, 0.29) is 6.03 Å². The SMILES string of the molecule is Cc1ccc(NC(=O)Nc2nc3c(s2)CCCC3)cc1. The minimum atomic E-state index is -0.236. The summed E-state index contributed by atoms with van der Waals surface area (Å²) in [6.07, 6.45) is 4.55. The van der Waals surface area contributed by atoms with Crippen molar-refractivity contribution in [3.05, 3.63) is 40.4 Å². The second-order valence-electron chi connectivity index (χ2n) is 5.04. The number of hydrogen-bond acceptors (Lipinski definition) is 3. The Balaban J connectivity index is 1.63. The van der Waals surface area contributed by atoms with E-state index in [1.165, 1.54) is 23.3 Å². The van der Waals surface area contributed by atoms with Gasteiger partial charge in [-0.2, -0.15) is 0 Å². The molecule has 1 aromatic heterocycles. The first-order valence-corrected chi connectivity index (χ1v) is 7.65. The highest BCUT2D eigenvalue weighted by Gasteiger charge is 2.16. The minimum Gasteiger partial charge on any atom is -0.308 e. The molecule has 3 rings (SSSR count). The average Bonchev–Trinajstić information content (AvgIpc) is 2.83. The molecule has 5 heteroatoms. The van der Waals surface area contributed by atoms with E-state index in [4.69, 9.17) is 0 Å². The molecule has 0 aliphatic heterocycles. The van der Waals surface area contributed by atoms with Crippen LogP contribution in [0.4, 0.5) is 15.6 Å². The van der Waals surface area contributed by atoms with Gasteiger partial charge in [-0.1, -0.05) is 17.7 Å². The summed E-state index contributed by atoms with van der Waals surface area (Å²) < 4.78 is 0. The van der Waals surface area contributed by atoms with Crippen LogP contribution in [0.15, 0.2) is 24.3 Å². The Morgan fingerprint density at radius 2 is 1.90 bits per heavy atom. The quantitative estimate of drug-likeness (QED) is 0.878. The highest BCUT2D eigenvalue weighted by molar-refractivity contribution is 7.15. The Labute approximate surface area is 122 Å². The molecule has 1 heterocycles. The molecular formula is C15H17N3OS. The lowest BCUT2D eigenvalue weighted by molar-refractivity contribution is 0.262. The van der Waals surface area contributed by atoms with Gasteiger partial charge in [0.15, 0.2) is 5.13 Å². The maximum Gasteiger partial charge on any atom is 0.325 e. The topological polar surface area (TPSA) is 54.0 Å². The van der Waals surface area contributed by atoms with E-state index in [1.54, 1.807) is 11.3 Å². The predicted octanol–water partition coefficient (Wildman–Crippen LogP) is 3.97. The monoisotopic (exact) mass is 287 g/mol. The zero-order chi connectivity index (χ0) is 13.9. The maximum absolute atomic E-state index is 11.9. The zero-order valence-corrected chi connectivity index (χ0v) is 12.2. The first-order chi connectivity index (χ1) is 9.70. The Bertz CT molecular complexity index is 595. The van der Waals surface area contributed by atoms with Gasteiger partial charge in [0.1, 0.15) is 0 Å². The number of aromatic nitrogens is 1. The molecule has 0 radical (unpaired) electrons. The van der Waals surface area contributed by atoms with E-state index < -0.39 is 0 Å². The summed E-state index contributed by atoms with van der Waals surface area (Å²) in [6.45, 7) is 2.02. The first-order valence-electron chi connectivity index (χ1n) is 6.84. The number of rotatable bonds is 2. The van der Waals surface area contributed by atoms with Crippen molar-refractivity contribution in [2.24, 2.45) is 0 Å². The van der Waals surface area contributed by atoms with Crippen LogP contribution in [-0.2, 0) is 12.8 Å². The van der Waals surface area contributed by atoms with Gasteiger partial charge in [0.2, 0.25) is 0 Å². The van der Waals surface area contributed by atoms with Crippen LogP contribution in [0.2, 0.25) is 0 Å². The Morgan fingerprint density at radius 3 is 2.65 bits per heavy atom. The van der Waals surface area contributed by atoms with E-state index in [0.29, 0.717) is 5.13 Å². The van der Waals surface area contributed by atoms with Gasteiger partial charge in [-0.25, -0.2) is 9.78 Å². The van der Waals surface area contributed by atoms with Gasteiger partial charge in [-0.15, -0.1) is 11.3 Å². The van der Waals surface area contributed by atoms with Crippen LogP contribution in [-0.4, -0.2) is 11.0 Å². The fraction of sp³-hybridized carbons (Fsp3) is 0.333. The smallest absolute Gasteiger partial charge is 0.308 e. The van der Waals surface area contributed by atoms with Gasteiger partial charge in [-0.3, -0.25) is 5.32 Å². The normalized spacial score (nSPS) is 13.7. The van der Waals surface area contributed by atoms with Gasteiger partial charge >= 0.3 is 6.03 Å². The lowest BCUT2D eigenvalue weighted by Crippen LogP contribution is -2.19. The zero-order valence-electron chi connectivity index (χ0n) is 11.4. The van der Waals surface area contributed by atoms with E-state index in [2.05, 4.69) is 15.6 Å². The molecule has 0 bridgehead atoms. The van der Waals surface area contributed by atoms with Crippen molar-refractivity contribution in [3.63, 3.8) is 0 Å². The molecule has 4 nitrogen and oxygen atoms in total. The van der Waals surface area contributed by atoms with E-state index in [9.17, 15) is 4.79 Å². The third-order valence-corrected chi connectivity index (χ3v) is 4.45. The van der Waals surface area contributed by atoms with Gasteiger partial charge in [0.05, 0.1) is 5.69 Å². The first kappa shape index (κ1) is 13.1. The number of nitrogens with one attached hydrogen (secondary N) is 2. The number of carbonyl (C=O) groups excluding carboxylic acids is 1. The van der Waals surface area contributed by atoms with E-state index >= 15 is 0 Å². The number of carbonyl (C=O) groups is 1. The van der Waals surface area contributed by atoms with Crippen LogP contribution in [0.25, 0.3) is 0 Å². The number of aryl methyl sites for hydroxylation is 3. The molecule has 0 spiro atoms. The lowest BCUT2D eigenvalue weighted by atomic mass is 10.0. The summed E-state index contributed by atoms with van der Waals surface area (Å²) in [4.78, 5) is 17.7. The second kappa shape index (κ2) is 5.63. The third-order valence-electron chi connectivity index (χ3n) is 3.38. The molecule has 104 valence electrons. The molecule has 2 amide bonds. The lowest BCUT2D eigenvalue weighted by Gasteiger charge is -2.06. The van der Waals surface area contributed by atoms with Crippen molar-refractivity contribution in [1.29, 1.82) is 0 Å². The number of nitrogens with zero attached hydrogens (tertiary/aromatic N) is 1. The number of urea groups is 1. The fourth-order valence-corrected chi connectivity index (χ4v) is 3.35. The van der Waals surface area contributed by atoms with Gasteiger partial charge in [0.25, 0.3) is 0 Å². The molecule has 0 saturated heterocycles. The molecule has 1 aromatic carbocycles. The van der Waals surface area contributed by atoms with Crippen molar-refractivity contribution in [2.45, 2.75) is 32.6 Å². The third kappa shape index (κ3) is 2.99. The summed E-state index contributed by atoms with van der Waals surface area (Å²) in [5.74, 6) is 0.